The van der Waals surface area contributed by atoms with Gasteiger partial charge in [-0.05, 0) is 23.8 Å². The molecule has 0 bridgehead atoms. The molecule has 24 heavy (non-hydrogen) atoms. The number of nitrogens with one attached hydrogen (secondary N) is 1. The zero-order valence-corrected chi connectivity index (χ0v) is 14.5. The molecule has 132 valence electrons. The molecule has 1 aliphatic heterocycles. The molecule has 0 aliphatic carbocycles. The van der Waals surface area contributed by atoms with Crippen LogP contribution in [0.25, 0.3) is 0 Å². The monoisotopic (exact) mass is 334 g/mol. The number of hydrogen-bond acceptors (Lipinski definition) is 3. The first kappa shape index (κ1) is 18.1. The Morgan fingerprint density at radius 2 is 1.96 bits per heavy atom. The summed E-state index contributed by atoms with van der Waals surface area (Å²) in [6.45, 7) is 6.95. The number of rotatable bonds is 4. The largest absolute Gasteiger partial charge is 0.465 e. The van der Waals surface area contributed by atoms with Gasteiger partial charge in [-0.3, -0.25) is 0 Å². The minimum atomic E-state index is -0.943. The number of carbonyl (C=O) groups is 2. The maximum absolute atomic E-state index is 12.0. The third-order valence-corrected chi connectivity index (χ3v) is 4.85. The van der Waals surface area contributed by atoms with Gasteiger partial charge in [0, 0.05) is 13.1 Å². The van der Waals surface area contributed by atoms with E-state index in [1.807, 2.05) is 51.1 Å². The van der Waals surface area contributed by atoms with Crippen LogP contribution in [0.3, 0.4) is 0 Å². The Kier molecular flexibility index (Phi) is 5.36. The first-order valence-electron chi connectivity index (χ1n) is 8.21. The summed E-state index contributed by atoms with van der Waals surface area (Å²) in [4.78, 5) is 25.1. The van der Waals surface area contributed by atoms with Gasteiger partial charge in [-0.25, -0.2) is 9.59 Å². The summed E-state index contributed by atoms with van der Waals surface area (Å²) in [5, 5.41) is 12.3. The van der Waals surface area contributed by atoms with Crippen LogP contribution in [0.5, 0.6) is 0 Å². The van der Waals surface area contributed by atoms with Crippen molar-refractivity contribution < 1.29 is 19.4 Å². The van der Waals surface area contributed by atoms with Crippen LogP contribution < -0.4 is 5.32 Å². The van der Waals surface area contributed by atoms with Crippen LogP contribution in [-0.4, -0.2) is 40.8 Å². The summed E-state index contributed by atoms with van der Waals surface area (Å²) in [5.41, 5.74) is -0.00893. The number of likely N-dealkylation sites (tertiary alicyclic amines) is 1. The molecule has 2 N–H and O–H groups in total. The summed E-state index contributed by atoms with van der Waals surface area (Å²) in [5.74, 6) is 0. The predicted octanol–water partition coefficient (Wildman–Crippen LogP) is 3.47. The van der Waals surface area contributed by atoms with Gasteiger partial charge in [0.25, 0.3) is 0 Å². The number of alkyl carbamates (subject to hydrolysis) is 1. The van der Waals surface area contributed by atoms with Gasteiger partial charge in [-0.1, -0.05) is 51.1 Å². The maximum Gasteiger partial charge on any atom is 0.407 e. The average molecular weight is 334 g/mol. The second-order valence-electron chi connectivity index (χ2n) is 7.23. The molecule has 0 unspecified atom stereocenters. The van der Waals surface area contributed by atoms with Crippen LogP contribution in [-0.2, 0) is 11.3 Å². The van der Waals surface area contributed by atoms with E-state index in [9.17, 15) is 14.7 Å². The van der Waals surface area contributed by atoms with Gasteiger partial charge in [-0.2, -0.15) is 0 Å². The quantitative estimate of drug-likeness (QED) is 0.883. The fourth-order valence-corrected chi connectivity index (χ4v) is 3.38. The van der Waals surface area contributed by atoms with E-state index in [-0.39, 0.29) is 18.6 Å². The summed E-state index contributed by atoms with van der Waals surface area (Å²) in [6.07, 6.45) is 0.0492. The summed E-state index contributed by atoms with van der Waals surface area (Å²) >= 11 is 0. The number of ether oxygens (including phenoxy) is 1. The van der Waals surface area contributed by atoms with Crippen LogP contribution >= 0.6 is 0 Å². The first-order chi connectivity index (χ1) is 11.3. The molecule has 6 nitrogen and oxygen atoms in total. The Hall–Kier alpha value is -2.24. The van der Waals surface area contributed by atoms with Crippen molar-refractivity contribution >= 4 is 12.2 Å². The number of carboxylic acid groups (broad SMARTS) is 1. The van der Waals surface area contributed by atoms with Gasteiger partial charge in [0.05, 0.1) is 5.54 Å². The zero-order chi connectivity index (χ0) is 17.8. The minimum Gasteiger partial charge on any atom is -0.465 e. The molecule has 0 saturated carbocycles. The molecule has 1 heterocycles. The van der Waals surface area contributed by atoms with Crippen molar-refractivity contribution in [1.29, 1.82) is 0 Å². The lowest BCUT2D eigenvalue weighted by Gasteiger charge is -2.47. The van der Waals surface area contributed by atoms with E-state index in [0.717, 1.165) is 18.4 Å². The van der Waals surface area contributed by atoms with Crippen LogP contribution in [0.1, 0.15) is 39.2 Å². The molecule has 2 amide bonds. The highest BCUT2D eigenvalue weighted by molar-refractivity contribution is 5.69. The highest BCUT2D eigenvalue weighted by Crippen LogP contribution is 2.43. The molecule has 1 saturated heterocycles. The van der Waals surface area contributed by atoms with Crippen LogP contribution in [0.4, 0.5) is 9.59 Å². The summed E-state index contributed by atoms with van der Waals surface area (Å²) < 4.78 is 5.23. The van der Waals surface area contributed by atoms with E-state index in [0.29, 0.717) is 6.54 Å². The average Bonchev–Trinajstić information content (AvgIpc) is 2.97. The van der Waals surface area contributed by atoms with Crippen LogP contribution in [0.2, 0.25) is 0 Å². The number of amides is 2. The van der Waals surface area contributed by atoms with Crippen LogP contribution in [0.15, 0.2) is 30.3 Å². The fraction of sp³-hybridized carbons (Fsp3) is 0.556. The maximum atomic E-state index is 12.0. The van der Waals surface area contributed by atoms with Gasteiger partial charge in [0.1, 0.15) is 6.61 Å². The van der Waals surface area contributed by atoms with E-state index in [1.165, 1.54) is 4.90 Å². The normalized spacial score (nSPS) is 20.7. The summed E-state index contributed by atoms with van der Waals surface area (Å²) in [6, 6.07) is 9.43. The molecule has 1 fully saturated rings. The molecule has 1 aromatic rings. The van der Waals surface area contributed by atoms with Gasteiger partial charge in [-0.15, -0.1) is 0 Å². The van der Waals surface area contributed by atoms with E-state index in [4.69, 9.17) is 4.74 Å². The Labute approximate surface area is 142 Å². The third-order valence-electron chi connectivity index (χ3n) is 4.85. The minimum absolute atomic E-state index is 0.192. The molecule has 0 spiro atoms. The predicted molar refractivity (Wildman–Crippen MR) is 90.8 cm³/mol. The van der Waals surface area contributed by atoms with Crippen molar-refractivity contribution in [2.24, 2.45) is 5.41 Å². The zero-order valence-electron chi connectivity index (χ0n) is 14.5. The molecular weight excluding hydrogens is 308 g/mol. The lowest BCUT2D eigenvalue weighted by molar-refractivity contribution is 0.0293. The highest BCUT2D eigenvalue weighted by atomic mass is 16.5. The fourth-order valence-electron chi connectivity index (χ4n) is 3.38. The van der Waals surface area contributed by atoms with Crippen molar-refractivity contribution in [3.8, 4) is 0 Å². The third kappa shape index (κ3) is 3.80. The number of benzene rings is 1. The van der Waals surface area contributed by atoms with Crippen molar-refractivity contribution in [1.82, 2.24) is 10.2 Å². The van der Waals surface area contributed by atoms with Gasteiger partial charge >= 0.3 is 12.2 Å². The molecule has 2 rings (SSSR count). The molecular formula is C18H26N2O4. The van der Waals surface area contributed by atoms with Crippen molar-refractivity contribution in [2.75, 3.05) is 13.1 Å². The molecule has 0 aromatic heterocycles. The van der Waals surface area contributed by atoms with E-state index < -0.39 is 17.7 Å². The standard InChI is InChI=1S/C18H26N2O4/c1-17(2,3)18(10-7-11-20(18)16(22)23)13-19-15(21)24-12-14-8-5-4-6-9-14/h4-6,8-9H,7,10-13H2,1-3H3,(H,19,21)(H,22,23)/t18-/m1/s1. The van der Waals surface area contributed by atoms with E-state index in [2.05, 4.69) is 5.32 Å². The van der Waals surface area contributed by atoms with Crippen molar-refractivity contribution in [2.45, 2.75) is 45.8 Å². The molecule has 1 aromatic carbocycles. The second kappa shape index (κ2) is 7.11. The first-order valence-corrected chi connectivity index (χ1v) is 8.21. The van der Waals surface area contributed by atoms with E-state index in [1.54, 1.807) is 0 Å². The number of carbonyl (C=O) groups excluding carboxylic acids is 1. The molecule has 1 atom stereocenters. The molecule has 0 radical (unpaired) electrons. The van der Waals surface area contributed by atoms with Crippen molar-refractivity contribution in [3.63, 3.8) is 0 Å². The Morgan fingerprint density at radius 1 is 1.29 bits per heavy atom. The highest BCUT2D eigenvalue weighted by Gasteiger charge is 2.51. The summed E-state index contributed by atoms with van der Waals surface area (Å²) in [7, 11) is 0. The Balaban J connectivity index is 1.98. The lowest BCUT2D eigenvalue weighted by Crippen LogP contribution is -2.61. The molecule has 6 heteroatoms. The Morgan fingerprint density at radius 3 is 2.54 bits per heavy atom. The van der Waals surface area contributed by atoms with Crippen molar-refractivity contribution in [3.05, 3.63) is 35.9 Å². The smallest absolute Gasteiger partial charge is 0.407 e. The SMILES string of the molecule is CC(C)(C)[C@]1(CNC(=O)OCc2ccccc2)CCCN1C(=O)O. The second-order valence-corrected chi connectivity index (χ2v) is 7.23. The number of nitrogens with zero attached hydrogens (tertiary/aromatic N) is 1. The van der Waals surface area contributed by atoms with Gasteiger partial charge in [0.15, 0.2) is 0 Å². The topological polar surface area (TPSA) is 78.9 Å². The van der Waals surface area contributed by atoms with Crippen LogP contribution in [0, 0.1) is 5.41 Å². The Bertz CT molecular complexity index is 582. The molecule has 1 aliphatic rings. The lowest BCUT2D eigenvalue weighted by atomic mass is 9.71. The van der Waals surface area contributed by atoms with Gasteiger partial charge < -0.3 is 20.1 Å². The van der Waals surface area contributed by atoms with Gasteiger partial charge in [0.2, 0.25) is 0 Å². The number of hydrogen-bond donors (Lipinski definition) is 2. The van der Waals surface area contributed by atoms with E-state index >= 15 is 0 Å².